The van der Waals surface area contributed by atoms with Crippen LogP contribution in [0, 0.1) is 10.1 Å². The molecule has 0 radical (unpaired) electrons. The summed E-state index contributed by atoms with van der Waals surface area (Å²) in [6.07, 6.45) is 0. The summed E-state index contributed by atoms with van der Waals surface area (Å²) in [7, 11) is 0. The van der Waals surface area contributed by atoms with Crippen LogP contribution in [0.5, 0.6) is 5.75 Å². The average Bonchev–Trinajstić information content (AvgIpc) is 2.39. The highest BCUT2D eigenvalue weighted by molar-refractivity contribution is 9.10. The van der Waals surface area contributed by atoms with Gasteiger partial charge in [0.25, 0.3) is 5.69 Å². The Morgan fingerprint density at radius 3 is 2.53 bits per heavy atom. The van der Waals surface area contributed by atoms with E-state index in [4.69, 9.17) is 0 Å². The number of benzene rings is 2. The SMILES string of the molecule is O=[N+]([O-])c1cc(O)ccc1NCc1ccc(Br)cc1. The number of nitrogens with zero attached hydrogens (tertiary/aromatic N) is 1. The summed E-state index contributed by atoms with van der Waals surface area (Å²) >= 11 is 3.34. The molecule has 0 bridgehead atoms. The quantitative estimate of drug-likeness (QED) is 0.511. The van der Waals surface area contributed by atoms with Gasteiger partial charge in [-0.15, -0.1) is 0 Å². The molecule has 0 aromatic heterocycles. The van der Waals surface area contributed by atoms with Crippen LogP contribution in [0.25, 0.3) is 0 Å². The summed E-state index contributed by atoms with van der Waals surface area (Å²) in [5.41, 5.74) is 1.24. The van der Waals surface area contributed by atoms with Gasteiger partial charge in [-0.1, -0.05) is 28.1 Å². The van der Waals surface area contributed by atoms with E-state index in [1.54, 1.807) is 0 Å². The molecule has 0 atom stereocenters. The lowest BCUT2D eigenvalue weighted by Crippen LogP contribution is -2.02. The number of aromatic hydroxyl groups is 1. The first-order valence-corrected chi connectivity index (χ1v) is 6.31. The Balaban J connectivity index is 2.15. The molecular formula is C13H11BrN2O3. The third kappa shape index (κ3) is 3.45. The van der Waals surface area contributed by atoms with Gasteiger partial charge in [0.1, 0.15) is 11.4 Å². The number of nitrogens with one attached hydrogen (secondary N) is 1. The molecule has 0 unspecified atom stereocenters. The van der Waals surface area contributed by atoms with Crippen molar-refractivity contribution in [2.24, 2.45) is 0 Å². The zero-order valence-corrected chi connectivity index (χ0v) is 11.4. The molecule has 5 nitrogen and oxygen atoms in total. The number of rotatable bonds is 4. The van der Waals surface area contributed by atoms with E-state index in [1.165, 1.54) is 12.1 Å². The number of hydrogen-bond acceptors (Lipinski definition) is 4. The molecule has 2 aromatic carbocycles. The van der Waals surface area contributed by atoms with Crippen molar-refractivity contribution in [1.82, 2.24) is 0 Å². The Labute approximate surface area is 118 Å². The van der Waals surface area contributed by atoms with Crippen LogP contribution < -0.4 is 5.32 Å². The minimum absolute atomic E-state index is 0.124. The summed E-state index contributed by atoms with van der Waals surface area (Å²) in [4.78, 5) is 10.4. The minimum Gasteiger partial charge on any atom is -0.508 e. The lowest BCUT2D eigenvalue weighted by atomic mass is 10.2. The number of halogens is 1. The smallest absolute Gasteiger partial charge is 0.296 e. The molecule has 0 heterocycles. The van der Waals surface area contributed by atoms with E-state index in [0.717, 1.165) is 16.1 Å². The molecule has 98 valence electrons. The van der Waals surface area contributed by atoms with Gasteiger partial charge >= 0.3 is 0 Å². The van der Waals surface area contributed by atoms with Crippen LogP contribution in [0.1, 0.15) is 5.56 Å². The normalized spacial score (nSPS) is 10.2. The van der Waals surface area contributed by atoms with Crippen molar-refractivity contribution in [3.63, 3.8) is 0 Å². The summed E-state index contributed by atoms with van der Waals surface area (Å²) in [6.45, 7) is 0.471. The van der Waals surface area contributed by atoms with E-state index < -0.39 is 4.92 Å². The zero-order valence-electron chi connectivity index (χ0n) is 9.84. The Morgan fingerprint density at radius 2 is 1.89 bits per heavy atom. The second-order valence-corrected chi connectivity index (χ2v) is 4.85. The molecule has 0 spiro atoms. The van der Waals surface area contributed by atoms with E-state index in [1.807, 2.05) is 24.3 Å². The van der Waals surface area contributed by atoms with Crippen molar-refractivity contribution in [3.05, 3.63) is 62.6 Å². The van der Waals surface area contributed by atoms with Crippen LogP contribution in [0.15, 0.2) is 46.9 Å². The zero-order chi connectivity index (χ0) is 13.8. The number of phenolic OH excluding ortho intramolecular Hbond substituents is 1. The summed E-state index contributed by atoms with van der Waals surface area (Å²) in [5, 5.41) is 23.1. The van der Waals surface area contributed by atoms with Crippen molar-refractivity contribution < 1.29 is 10.0 Å². The standard InChI is InChI=1S/C13H11BrN2O3/c14-10-3-1-9(2-4-10)8-15-12-6-5-11(17)7-13(12)16(18)19/h1-7,15,17H,8H2. The Hall–Kier alpha value is -2.08. The van der Waals surface area contributed by atoms with Crippen molar-refractivity contribution in [2.75, 3.05) is 5.32 Å². The summed E-state index contributed by atoms with van der Waals surface area (Å²) in [5.74, 6) is -0.124. The van der Waals surface area contributed by atoms with Gasteiger partial charge in [0.15, 0.2) is 0 Å². The minimum atomic E-state index is -0.524. The number of anilines is 1. The summed E-state index contributed by atoms with van der Waals surface area (Å²) < 4.78 is 0.979. The highest BCUT2D eigenvalue weighted by Crippen LogP contribution is 2.28. The molecule has 0 aliphatic heterocycles. The predicted octanol–water partition coefficient (Wildman–Crippen LogP) is 3.68. The van der Waals surface area contributed by atoms with Crippen LogP contribution in [0.4, 0.5) is 11.4 Å². The van der Waals surface area contributed by atoms with Crippen molar-refractivity contribution in [2.45, 2.75) is 6.54 Å². The van der Waals surface area contributed by atoms with E-state index in [9.17, 15) is 15.2 Å². The van der Waals surface area contributed by atoms with Crippen LogP contribution in [0.2, 0.25) is 0 Å². The fraction of sp³-hybridized carbons (Fsp3) is 0.0769. The maximum absolute atomic E-state index is 10.9. The van der Waals surface area contributed by atoms with Crippen molar-refractivity contribution >= 4 is 27.3 Å². The highest BCUT2D eigenvalue weighted by atomic mass is 79.9. The Morgan fingerprint density at radius 1 is 1.21 bits per heavy atom. The fourth-order valence-corrected chi connectivity index (χ4v) is 1.88. The van der Waals surface area contributed by atoms with E-state index in [2.05, 4.69) is 21.2 Å². The van der Waals surface area contributed by atoms with Gasteiger partial charge in [-0.05, 0) is 29.8 Å². The van der Waals surface area contributed by atoms with E-state index in [-0.39, 0.29) is 11.4 Å². The first-order chi connectivity index (χ1) is 9.06. The number of hydrogen-bond donors (Lipinski definition) is 2. The lowest BCUT2D eigenvalue weighted by Gasteiger charge is -2.07. The molecule has 6 heteroatoms. The molecule has 0 fully saturated rings. The van der Waals surface area contributed by atoms with Gasteiger partial charge in [0.05, 0.1) is 11.0 Å². The van der Waals surface area contributed by atoms with Crippen LogP contribution in [-0.2, 0) is 6.54 Å². The number of nitro benzene ring substituents is 1. The average molecular weight is 323 g/mol. The van der Waals surface area contributed by atoms with Gasteiger partial charge < -0.3 is 10.4 Å². The molecule has 0 aliphatic rings. The first-order valence-electron chi connectivity index (χ1n) is 5.52. The molecule has 2 rings (SSSR count). The molecular weight excluding hydrogens is 312 g/mol. The molecule has 2 N–H and O–H groups in total. The Kier molecular flexibility index (Phi) is 4.01. The lowest BCUT2D eigenvalue weighted by molar-refractivity contribution is -0.384. The van der Waals surface area contributed by atoms with Crippen LogP contribution in [-0.4, -0.2) is 10.0 Å². The van der Waals surface area contributed by atoms with Crippen LogP contribution >= 0.6 is 15.9 Å². The molecule has 0 saturated heterocycles. The maximum atomic E-state index is 10.9. The molecule has 0 saturated carbocycles. The molecule has 2 aromatic rings. The fourth-order valence-electron chi connectivity index (χ4n) is 1.62. The van der Waals surface area contributed by atoms with E-state index >= 15 is 0 Å². The maximum Gasteiger partial charge on any atom is 0.296 e. The second-order valence-electron chi connectivity index (χ2n) is 3.94. The third-order valence-corrected chi connectivity index (χ3v) is 3.10. The van der Waals surface area contributed by atoms with Crippen LogP contribution in [0.3, 0.4) is 0 Å². The Bertz CT molecular complexity index is 599. The molecule has 19 heavy (non-hydrogen) atoms. The van der Waals surface area contributed by atoms with Gasteiger partial charge in [-0.2, -0.15) is 0 Å². The topological polar surface area (TPSA) is 75.4 Å². The van der Waals surface area contributed by atoms with Crippen molar-refractivity contribution in [3.8, 4) is 5.75 Å². The monoisotopic (exact) mass is 322 g/mol. The largest absolute Gasteiger partial charge is 0.508 e. The third-order valence-electron chi connectivity index (χ3n) is 2.57. The van der Waals surface area contributed by atoms with Gasteiger partial charge in [0.2, 0.25) is 0 Å². The number of phenols is 1. The van der Waals surface area contributed by atoms with E-state index in [0.29, 0.717) is 12.2 Å². The highest BCUT2D eigenvalue weighted by Gasteiger charge is 2.14. The van der Waals surface area contributed by atoms with Gasteiger partial charge in [-0.3, -0.25) is 10.1 Å². The molecule has 0 aliphatic carbocycles. The van der Waals surface area contributed by atoms with Gasteiger partial charge in [0, 0.05) is 11.0 Å². The predicted molar refractivity (Wildman–Crippen MR) is 76.2 cm³/mol. The summed E-state index contributed by atoms with van der Waals surface area (Å²) in [6, 6.07) is 11.7. The molecule has 0 amide bonds. The van der Waals surface area contributed by atoms with Crippen molar-refractivity contribution in [1.29, 1.82) is 0 Å². The second kappa shape index (κ2) is 5.71. The first kappa shape index (κ1) is 13.4. The van der Waals surface area contributed by atoms with Gasteiger partial charge in [-0.25, -0.2) is 0 Å². The number of nitro groups is 1.